The summed E-state index contributed by atoms with van der Waals surface area (Å²) in [5.74, 6) is 5.45. The Bertz CT molecular complexity index is 1640. The average molecular weight is 481 g/mol. The van der Waals surface area contributed by atoms with Crippen LogP contribution in [-0.2, 0) is 0 Å². The van der Waals surface area contributed by atoms with E-state index in [1.54, 1.807) is 12.1 Å². The summed E-state index contributed by atoms with van der Waals surface area (Å²) >= 11 is 1.37. The van der Waals surface area contributed by atoms with Crippen LogP contribution in [0.25, 0.3) is 11.0 Å². The second kappa shape index (κ2) is 7.60. The van der Waals surface area contributed by atoms with Crippen molar-refractivity contribution >= 4 is 28.3 Å². The fraction of sp³-hybridized carbons (Fsp3) is 0.250. The van der Waals surface area contributed by atoms with Gasteiger partial charge in [0.25, 0.3) is 5.91 Å². The Labute approximate surface area is 201 Å². The van der Waals surface area contributed by atoms with Gasteiger partial charge in [-0.15, -0.1) is 10.2 Å². The zero-order valence-electron chi connectivity index (χ0n) is 20.6. The Morgan fingerprint density at radius 2 is 2.12 bits per heavy atom. The summed E-state index contributed by atoms with van der Waals surface area (Å²) < 4.78 is 57.5. The van der Waals surface area contributed by atoms with Crippen LogP contribution in [-0.4, -0.2) is 44.1 Å². The number of aromatic nitrogens is 4. The molecular formula is C24H17F2N5O2S. The monoisotopic (exact) mass is 480 g/mol. The molecule has 0 unspecified atom stereocenters. The second-order valence-electron chi connectivity index (χ2n) is 7.96. The minimum absolute atomic E-state index is 0.0110. The van der Waals surface area contributed by atoms with E-state index in [0.29, 0.717) is 27.4 Å². The number of rotatable bonds is 2. The lowest BCUT2D eigenvalue weighted by Crippen LogP contribution is -2.30. The smallest absolute Gasteiger partial charge is 0.387 e. The number of nitrogens with zero attached hydrogens (tertiary/aromatic N) is 5. The standard InChI is InChI=1S/C24H17F2N5O2S/c1-12-28-29-20(34-12)9-7-13-6-8-15-16(10-13)31-17-11-18(22(31)27-15)30(2)23(32)14-4-3-5-19(21(14)17)33-24(25)26/h3-6,8,10,17-18,24H,11H2,1-2H3/t17-,18-/m1/s1/i2D3. The van der Waals surface area contributed by atoms with Crippen molar-refractivity contribution in [1.29, 1.82) is 0 Å². The number of imidazole rings is 1. The fourth-order valence-corrected chi connectivity index (χ4v) is 5.20. The van der Waals surface area contributed by atoms with Gasteiger partial charge < -0.3 is 14.2 Å². The topological polar surface area (TPSA) is 73.1 Å². The summed E-state index contributed by atoms with van der Waals surface area (Å²) in [6.45, 7) is -4.06. The molecule has 0 saturated heterocycles. The normalized spacial score (nSPS) is 20.2. The van der Waals surface area contributed by atoms with E-state index in [1.165, 1.54) is 29.5 Å². The summed E-state index contributed by atoms with van der Waals surface area (Å²) in [5, 5.41) is 9.32. The highest BCUT2D eigenvalue weighted by atomic mass is 32.1. The summed E-state index contributed by atoms with van der Waals surface area (Å²) in [5.41, 5.74) is 2.08. The molecule has 7 nitrogen and oxygen atoms in total. The van der Waals surface area contributed by atoms with E-state index in [0.717, 1.165) is 9.91 Å². The van der Waals surface area contributed by atoms with Gasteiger partial charge in [0.15, 0.2) is 5.01 Å². The van der Waals surface area contributed by atoms with Gasteiger partial charge in [-0.05, 0) is 43.2 Å². The van der Waals surface area contributed by atoms with E-state index < -0.39 is 31.6 Å². The van der Waals surface area contributed by atoms with E-state index >= 15 is 0 Å². The van der Waals surface area contributed by atoms with Gasteiger partial charge in [0.2, 0.25) is 0 Å². The number of alkyl halides is 2. The van der Waals surface area contributed by atoms with Gasteiger partial charge in [0.05, 0.1) is 23.1 Å². The molecule has 34 heavy (non-hydrogen) atoms. The lowest BCUT2D eigenvalue weighted by molar-refractivity contribution is -0.0507. The molecule has 2 bridgehead atoms. The molecule has 4 aromatic rings. The molecule has 0 saturated carbocycles. The van der Waals surface area contributed by atoms with Gasteiger partial charge in [-0.3, -0.25) is 4.79 Å². The van der Waals surface area contributed by atoms with Gasteiger partial charge in [-0.1, -0.05) is 23.3 Å². The lowest BCUT2D eigenvalue weighted by atomic mass is 9.97. The van der Waals surface area contributed by atoms with Gasteiger partial charge >= 0.3 is 6.61 Å². The van der Waals surface area contributed by atoms with Crippen molar-refractivity contribution < 1.29 is 22.4 Å². The predicted molar refractivity (Wildman–Crippen MR) is 121 cm³/mol. The first-order valence-electron chi connectivity index (χ1n) is 11.9. The van der Waals surface area contributed by atoms with Crippen molar-refractivity contribution in [3.8, 4) is 17.6 Å². The molecule has 2 aliphatic heterocycles. The lowest BCUT2D eigenvalue weighted by Gasteiger charge is -2.24. The van der Waals surface area contributed by atoms with Gasteiger partial charge in [-0.2, -0.15) is 8.78 Å². The minimum Gasteiger partial charge on any atom is -0.434 e. The first-order chi connectivity index (χ1) is 17.6. The number of benzene rings is 2. The zero-order valence-corrected chi connectivity index (χ0v) is 18.4. The summed E-state index contributed by atoms with van der Waals surface area (Å²) in [6, 6.07) is 8.00. The van der Waals surface area contributed by atoms with Crippen LogP contribution in [0.5, 0.6) is 5.75 Å². The Hall–Kier alpha value is -3.84. The van der Waals surface area contributed by atoms with Crippen molar-refractivity contribution in [3.63, 3.8) is 0 Å². The van der Waals surface area contributed by atoms with Crippen molar-refractivity contribution in [2.24, 2.45) is 0 Å². The number of fused-ring (bicyclic) bond motifs is 9. The first-order valence-corrected chi connectivity index (χ1v) is 11.2. The predicted octanol–water partition coefficient (Wildman–Crippen LogP) is 4.32. The molecule has 10 heteroatoms. The number of amides is 1. The van der Waals surface area contributed by atoms with Gasteiger partial charge in [0.1, 0.15) is 16.6 Å². The number of hydrogen-bond acceptors (Lipinski definition) is 6. The molecule has 0 fully saturated rings. The second-order valence-corrected chi connectivity index (χ2v) is 9.14. The Kier molecular flexibility index (Phi) is 3.94. The van der Waals surface area contributed by atoms with Crippen LogP contribution in [0.2, 0.25) is 0 Å². The maximum Gasteiger partial charge on any atom is 0.387 e. The third-order valence-electron chi connectivity index (χ3n) is 5.99. The first kappa shape index (κ1) is 17.6. The molecule has 0 aliphatic carbocycles. The minimum atomic E-state index is -3.12. The Morgan fingerprint density at radius 3 is 2.88 bits per heavy atom. The molecule has 4 heterocycles. The Balaban J connectivity index is 1.57. The maximum absolute atomic E-state index is 13.5. The van der Waals surface area contributed by atoms with Crippen LogP contribution in [0, 0.1) is 18.8 Å². The van der Waals surface area contributed by atoms with E-state index in [9.17, 15) is 13.6 Å². The number of carbonyl (C=O) groups excluding carboxylic acids is 1. The zero-order chi connectivity index (χ0) is 26.1. The van der Waals surface area contributed by atoms with Crippen molar-refractivity contribution in [2.75, 3.05) is 6.98 Å². The average Bonchev–Trinajstić information content (AvgIpc) is 3.48. The highest BCUT2D eigenvalue weighted by Gasteiger charge is 2.44. The summed E-state index contributed by atoms with van der Waals surface area (Å²) in [6.07, 6.45) is 0.152. The summed E-state index contributed by atoms with van der Waals surface area (Å²) in [4.78, 5) is 19.0. The van der Waals surface area contributed by atoms with Crippen LogP contribution < -0.4 is 4.74 Å². The molecule has 0 N–H and O–H groups in total. The molecule has 1 amide bonds. The quantitative estimate of drug-likeness (QED) is 0.400. The third kappa shape index (κ3) is 3.15. The van der Waals surface area contributed by atoms with Crippen LogP contribution in [0.1, 0.15) is 59.9 Å². The van der Waals surface area contributed by atoms with Crippen LogP contribution in [0.15, 0.2) is 36.4 Å². The fourth-order valence-electron chi connectivity index (χ4n) is 4.66. The molecule has 0 radical (unpaired) electrons. The molecular weight excluding hydrogens is 460 g/mol. The molecule has 2 atom stereocenters. The van der Waals surface area contributed by atoms with Crippen LogP contribution >= 0.6 is 11.3 Å². The number of ether oxygens (including phenoxy) is 1. The number of halogens is 2. The van der Waals surface area contributed by atoms with Crippen LogP contribution in [0.3, 0.4) is 0 Å². The van der Waals surface area contributed by atoms with Crippen molar-refractivity contribution in [1.82, 2.24) is 24.6 Å². The van der Waals surface area contributed by atoms with Crippen molar-refractivity contribution in [2.45, 2.75) is 32.0 Å². The largest absolute Gasteiger partial charge is 0.434 e. The molecule has 2 aromatic carbocycles. The van der Waals surface area contributed by atoms with E-state index in [1.807, 2.05) is 17.6 Å². The third-order valence-corrected chi connectivity index (χ3v) is 6.74. The number of hydrogen-bond donors (Lipinski definition) is 0. The number of carbonyl (C=O) groups is 1. The molecule has 170 valence electrons. The molecule has 0 spiro atoms. The maximum atomic E-state index is 13.5. The van der Waals surface area contributed by atoms with Crippen LogP contribution in [0.4, 0.5) is 8.78 Å². The van der Waals surface area contributed by atoms with Crippen molar-refractivity contribution in [3.05, 3.63) is 68.9 Å². The van der Waals surface area contributed by atoms with E-state index in [2.05, 4.69) is 27.0 Å². The van der Waals surface area contributed by atoms with E-state index in [4.69, 9.17) is 8.85 Å². The molecule has 2 aromatic heterocycles. The summed E-state index contributed by atoms with van der Waals surface area (Å²) in [7, 11) is 0. The van der Waals surface area contributed by atoms with Gasteiger partial charge in [-0.25, -0.2) is 4.98 Å². The number of aryl methyl sites for hydroxylation is 1. The SMILES string of the molecule is [2H]C([2H])([2H])N1C(=O)c2cccc(OC(F)F)c2[C@H]2C[C@@H]1c1nc3ccc(C#Cc4nnc(C)s4)cc3n12. The molecule has 2 aliphatic rings. The van der Waals surface area contributed by atoms with Gasteiger partial charge in [0, 0.05) is 34.2 Å². The molecule has 6 rings (SSSR count). The Morgan fingerprint density at radius 1 is 1.24 bits per heavy atom. The van der Waals surface area contributed by atoms with E-state index in [-0.39, 0.29) is 23.3 Å². The highest BCUT2D eigenvalue weighted by Crippen LogP contribution is 2.49. The highest BCUT2D eigenvalue weighted by molar-refractivity contribution is 7.11.